The average molecular weight is 460 g/mol. The highest BCUT2D eigenvalue weighted by Gasteiger charge is 2.47. The lowest BCUT2D eigenvalue weighted by Gasteiger charge is -2.25. The van der Waals surface area contributed by atoms with Crippen molar-refractivity contribution in [3.63, 3.8) is 0 Å². The predicted molar refractivity (Wildman–Crippen MR) is 124 cm³/mol. The lowest BCUT2D eigenvalue weighted by molar-refractivity contribution is -0.384. The molecule has 1 aliphatic rings. The Labute approximate surface area is 194 Å². The summed E-state index contributed by atoms with van der Waals surface area (Å²) in [5, 5.41) is 22.2. The van der Waals surface area contributed by atoms with E-state index in [9.17, 15) is 24.8 Å². The Morgan fingerprint density at radius 1 is 0.882 bits per heavy atom. The Bertz CT molecular complexity index is 1280. The highest BCUT2D eigenvalue weighted by molar-refractivity contribution is 6.51. The van der Waals surface area contributed by atoms with E-state index in [0.29, 0.717) is 28.3 Å². The summed E-state index contributed by atoms with van der Waals surface area (Å²) in [4.78, 5) is 38.1. The van der Waals surface area contributed by atoms with Gasteiger partial charge < -0.3 is 14.6 Å². The van der Waals surface area contributed by atoms with Crippen LogP contribution in [0, 0.1) is 10.1 Å². The molecular weight excluding hydrogens is 440 g/mol. The number of nitro benzene ring substituents is 1. The number of anilines is 1. The van der Waals surface area contributed by atoms with Crippen molar-refractivity contribution >= 4 is 28.8 Å². The molecule has 0 unspecified atom stereocenters. The number of aliphatic hydroxyl groups excluding tert-OH is 1. The maximum absolute atomic E-state index is 13.1. The number of non-ortho nitro benzene ring substituents is 1. The fourth-order valence-corrected chi connectivity index (χ4v) is 3.84. The van der Waals surface area contributed by atoms with Gasteiger partial charge in [0.1, 0.15) is 17.3 Å². The van der Waals surface area contributed by atoms with Gasteiger partial charge >= 0.3 is 0 Å². The van der Waals surface area contributed by atoms with E-state index < -0.39 is 22.7 Å². The number of benzene rings is 3. The average Bonchev–Trinajstić information content (AvgIpc) is 3.14. The van der Waals surface area contributed by atoms with Crippen molar-refractivity contribution in [3.8, 4) is 11.5 Å². The number of aliphatic hydroxyl groups is 1. The van der Waals surface area contributed by atoms with Gasteiger partial charge in [-0.05, 0) is 66.2 Å². The Morgan fingerprint density at radius 3 is 1.91 bits per heavy atom. The number of ether oxygens (including phenoxy) is 2. The lowest BCUT2D eigenvalue weighted by Crippen LogP contribution is -2.29. The zero-order valence-electron chi connectivity index (χ0n) is 18.3. The van der Waals surface area contributed by atoms with Gasteiger partial charge in [0, 0.05) is 23.4 Å². The third kappa shape index (κ3) is 3.95. The van der Waals surface area contributed by atoms with Crippen molar-refractivity contribution in [1.29, 1.82) is 0 Å². The number of Topliss-reactive ketones (excluding diaryl/α,β-unsaturated/α-hetero) is 1. The number of amides is 1. The predicted octanol–water partition coefficient (Wildman–Crippen LogP) is 4.24. The van der Waals surface area contributed by atoms with Gasteiger partial charge in [0.05, 0.1) is 30.8 Å². The zero-order valence-corrected chi connectivity index (χ0v) is 18.3. The first-order chi connectivity index (χ1) is 16.3. The standard InChI is InChI=1S/C25H20N2O7/c1-33-19-11-5-16(6-12-19)23(28)21-22(15-3-7-18(8-4-15)27(31)32)26(25(30)24(21)29)17-9-13-20(34-2)14-10-17/h3-14,22,28H,1-2H3/b23-21-/t22-/m1/s1. The van der Waals surface area contributed by atoms with Crippen molar-refractivity contribution in [3.05, 3.63) is 99.6 Å². The maximum atomic E-state index is 13.1. The molecule has 0 aliphatic carbocycles. The van der Waals surface area contributed by atoms with Gasteiger partial charge in [-0.15, -0.1) is 0 Å². The normalized spacial score (nSPS) is 17.0. The Kier molecular flexibility index (Phi) is 6.01. The molecule has 1 saturated heterocycles. The second kappa shape index (κ2) is 9.07. The summed E-state index contributed by atoms with van der Waals surface area (Å²) in [6.07, 6.45) is 0. The SMILES string of the molecule is COc1ccc(/C(O)=C2/C(=O)C(=O)N(c3ccc(OC)cc3)[C@@H]2c2ccc([N+](=O)[O-])cc2)cc1. The van der Waals surface area contributed by atoms with Gasteiger partial charge in [-0.1, -0.05) is 0 Å². The van der Waals surface area contributed by atoms with Crippen LogP contribution in [-0.2, 0) is 9.59 Å². The molecule has 0 aromatic heterocycles. The molecule has 1 heterocycles. The fourth-order valence-electron chi connectivity index (χ4n) is 3.84. The summed E-state index contributed by atoms with van der Waals surface area (Å²) in [6.45, 7) is 0. The molecule has 9 heteroatoms. The van der Waals surface area contributed by atoms with Gasteiger partial charge in [-0.3, -0.25) is 24.6 Å². The minimum atomic E-state index is -1.00. The molecule has 0 saturated carbocycles. The van der Waals surface area contributed by atoms with Crippen molar-refractivity contribution in [2.75, 3.05) is 19.1 Å². The molecule has 9 nitrogen and oxygen atoms in total. The van der Waals surface area contributed by atoms with Crippen LogP contribution < -0.4 is 14.4 Å². The van der Waals surface area contributed by atoms with Gasteiger partial charge in [0.15, 0.2) is 0 Å². The van der Waals surface area contributed by atoms with E-state index in [1.54, 1.807) is 48.5 Å². The van der Waals surface area contributed by atoms with Crippen molar-refractivity contribution in [1.82, 2.24) is 0 Å². The minimum absolute atomic E-state index is 0.125. The van der Waals surface area contributed by atoms with Gasteiger partial charge in [0.25, 0.3) is 17.4 Å². The van der Waals surface area contributed by atoms with Crippen molar-refractivity contribution in [2.45, 2.75) is 6.04 Å². The molecule has 172 valence electrons. The molecule has 1 aliphatic heterocycles. The van der Waals surface area contributed by atoms with Crippen LogP contribution >= 0.6 is 0 Å². The summed E-state index contributed by atoms with van der Waals surface area (Å²) in [7, 11) is 3.01. The number of nitrogens with zero attached hydrogens (tertiary/aromatic N) is 2. The van der Waals surface area contributed by atoms with Crippen molar-refractivity contribution in [2.24, 2.45) is 0 Å². The maximum Gasteiger partial charge on any atom is 0.300 e. The van der Waals surface area contributed by atoms with E-state index in [1.807, 2.05) is 0 Å². The molecule has 0 bridgehead atoms. The van der Waals surface area contributed by atoms with E-state index in [0.717, 1.165) is 0 Å². The molecule has 3 aromatic rings. The molecule has 4 rings (SSSR count). The second-order valence-corrected chi connectivity index (χ2v) is 7.44. The van der Waals surface area contributed by atoms with Crippen LogP contribution in [0.15, 0.2) is 78.4 Å². The number of carbonyl (C=O) groups excluding carboxylic acids is 2. The first-order valence-corrected chi connectivity index (χ1v) is 10.2. The topological polar surface area (TPSA) is 119 Å². The van der Waals surface area contributed by atoms with Crippen LogP contribution in [0.1, 0.15) is 17.2 Å². The smallest absolute Gasteiger partial charge is 0.300 e. The Hall–Kier alpha value is -4.66. The van der Waals surface area contributed by atoms with E-state index in [2.05, 4.69) is 0 Å². The number of carbonyl (C=O) groups is 2. The molecule has 0 spiro atoms. The van der Waals surface area contributed by atoms with Gasteiger partial charge in [-0.25, -0.2) is 0 Å². The third-order valence-corrected chi connectivity index (χ3v) is 5.58. The monoisotopic (exact) mass is 460 g/mol. The number of rotatable bonds is 6. The number of nitro groups is 1. The quantitative estimate of drug-likeness (QED) is 0.192. The molecule has 1 atom stereocenters. The van der Waals surface area contributed by atoms with Crippen LogP contribution in [-0.4, -0.2) is 35.9 Å². The van der Waals surface area contributed by atoms with Crippen LogP contribution in [0.25, 0.3) is 5.76 Å². The summed E-state index contributed by atoms with van der Waals surface area (Å²) in [6, 6.07) is 17.4. The molecule has 1 fully saturated rings. The van der Waals surface area contributed by atoms with E-state index in [-0.39, 0.29) is 17.0 Å². The first kappa shape index (κ1) is 22.5. The number of methoxy groups -OCH3 is 2. The summed E-state index contributed by atoms with van der Waals surface area (Å²) >= 11 is 0. The Balaban J connectivity index is 1.89. The number of hydrogen-bond donors (Lipinski definition) is 1. The molecule has 1 N–H and O–H groups in total. The molecule has 0 radical (unpaired) electrons. The van der Waals surface area contributed by atoms with Crippen LogP contribution in [0.3, 0.4) is 0 Å². The lowest BCUT2D eigenvalue weighted by atomic mass is 9.95. The summed E-state index contributed by atoms with van der Waals surface area (Å²) < 4.78 is 10.3. The van der Waals surface area contributed by atoms with Gasteiger partial charge in [0.2, 0.25) is 0 Å². The third-order valence-electron chi connectivity index (χ3n) is 5.58. The zero-order chi connectivity index (χ0) is 24.4. The minimum Gasteiger partial charge on any atom is -0.507 e. The molecule has 34 heavy (non-hydrogen) atoms. The van der Waals surface area contributed by atoms with E-state index in [1.165, 1.54) is 43.4 Å². The Morgan fingerprint density at radius 2 is 1.41 bits per heavy atom. The number of hydrogen-bond acceptors (Lipinski definition) is 7. The summed E-state index contributed by atoms with van der Waals surface area (Å²) in [5.74, 6) is -0.941. The van der Waals surface area contributed by atoms with Crippen molar-refractivity contribution < 1.29 is 29.1 Å². The highest BCUT2D eigenvalue weighted by atomic mass is 16.6. The molecule has 1 amide bonds. The van der Waals surface area contributed by atoms with Crippen LogP contribution in [0.5, 0.6) is 11.5 Å². The van der Waals surface area contributed by atoms with Crippen LogP contribution in [0.2, 0.25) is 0 Å². The summed E-state index contributed by atoms with van der Waals surface area (Å²) in [5.41, 5.74) is 0.885. The van der Waals surface area contributed by atoms with Crippen LogP contribution in [0.4, 0.5) is 11.4 Å². The fraction of sp³-hybridized carbons (Fsp3) is 0.120. The second-order valence-electron chi connectivity index (χ2n) is 7.44. The largest absolute Gasteiger partial charge is 0.507 e. The van der Waals surface area contributed by atoms with E-state index in [4.69, 9.17) is 9.47 Å². The molecular formula is C25H20N2O7. The number of ketones is 1. The van der Waals surface area contributed by atoms with E-state index >= 15 is 0 Å². The van der Waals surface area contributed by atoms with Gasteiger partial charge in [-0.2, -0.15) is 0 Å². The first-order valence-electron chi connectivity index (χ1n) is 10.2. The highest BCUT2D eigenvalue weighted by Crippen LogP contribution is 2.42. The molecule has 3 aromatic carbocycles.